The van der Waals surface area contributed by atoms with E-state index < -0.39 is 0 Å². The molecular formula is C24H22N10. The summed E-state index contributed by atoms with van der Waals surface area (Å²) in [6.07, 6.45) is 14.4. The molecule has 10 nitrogen and oxygen atoms in total. The predicted octanol–water partition coefficient (Wildman–Crippen LogP) is 3.22. The van der Waals surface area contributed by atoms with Gasteiger partial charge in [0.2, 0.25) is 0 Å². The summed E-state index contributed by atoms with van der Waals surface area (Å²) < 4.78 is 0. The largest absolute Gasteiger partial charge is 0.397 e. The van der Waals surface area contributed by atoms with Crippen LogP contribution in [0, 0.1) is 0 Å². The van der Waals surface area contributed by atoms with Crippen molar-refractivity contribution in [2.24, 2.45) is 5.73 Å². The lowest BCUT2D eigenvalue weighted by molar-refractivity contribution is 0.822. The van der Waals surface area contributed by atoms with E-state index in [-0.39, 0.29) is 6.04 Å². The van der Waals surface area contributed by atoms with Gasteiger partial charge in [0.15, 0.2) is 5.82 Å². The molecule has 4 aromatic rings. The summed E-state index contributed by atoms with van der Waals surface area (Å²) in [7, 11) is 0. The standard InChI is InChI=1S/C24H22N10/c1-15(31-20-6-9-28-29-14-20)21(25)11-18-3-2-16(12-27-18)24-26-8-7-23(33-24)32-19-4-5-22-17(10-19)13-30-34-22/h2-14,18,27H,1,25H2,(H,28,31)(H,30,34)(H,26,32,33)/b21-11-. The van der Waals surface area contributed by atoms with Crippen molar-refractivity contribution in [3.8, 4) is 0 Å². The van der Waals surface area contributed by atoms with E-state index in [2.05, 4.69) is 52.9 Å². The smallest absolute Gasteiger partial charge is 0.162 e. The van der Waals surface area contributed by atoms with Crippen LogP contribution < -0.4 is 21.7 Å². The van der Waals surface area contributed by atoms with Crippen LogP contribution in [0.2, 0.25) is 0 Å². The van der Waals surface area contributed by atoms with Crippen molar-refractivity contribution in [2.75, 3.05) is 10.6 Å². The molecule has 4 heterocycles. The summed E-state index contributed by atoms with van der Waals surface area (Å²) in [5.41, 5.74) is 10.8. The number of hydrogen-bond donors (Lipinski definition) is 5. The molecule has 0 saturated carbocycles. The topological polar surface area (TPSA) is 142 Å². The molecule has 1 unspecified atom stereocenters. The van der Waals surface area contributed by atoms with Crippen LogP contribution >= 0.6 is 0 Å². The first kappa shape index (κ1) is 20.9. The normalized spacial score (nSPS) is 15.5. The number of H-pyrrole nitrogens is 1. The molecular weight excluding hydrogens is 428 g/mol. The molecule has 0 saturated heterocycles. The summed E-state index contributed by atoms with van der Waals surface area (Å²) >= 11 is 0. The Hall–Kier alpha value is -4.99. The fourth-order valence-corrected chi connectivity index (χ4v) is 3.38. The highest BCUT2D eigenvalue weighted by Gasteiger charge is 2.11. The molecule has 34 heavy (non-hydrogen) atoms. The number of dihydropyridines is 1. The van der Waals surface area contributed by atoms with Gasteiger partial charge >= 0.3 is 0 Å². The number of rotatable bonds is 7. The number of aromatic amines is 1. The van der Waals surface area contributed by atoms with E-state index in [1.54, 1.807) is 30.9 Å². The second kappa shape index (κ2) is 9.25. The highest BCUT2D eigenvalue weighted by atomic mass is 15.1. The van der Waals surface area contributed by atoms with Gasteiger partial charge in [0.25, 0.3) is 0 Å². The number of benzene rings is 1. The first-order valence-electron chi connectivity index (χ1n) is 10.5. The Balaban J connectivity index is 1.23. The molecule has 168 valence electrons. The van der Waals surface area contributed by atoms with Crippen molar-refractivity contribution >= 4 is 33.7 Å². The quantitative estimate of drug-likeness (QED) is 0.268. The van der Waals surface area contributed by atoms with Gasteiger partial charge in [0.05, 0.1) is 47.2 Å². The van der Waals surface area contributed by atoms with Gasteiger partial charge in [-0.3, -0.25) is 5.10 Å². The average molecular weight is 451 g/mol. The minimum atomic E-state index is -0.0964. The zero-order valence-electron chi connectivity index (χ0n) is 18.1. The van der Waals surface area contributed by atoms with Crippen LogP contribution in [0.1, 0.15) is 5.82 Å². The van der Waals surface area contributed by atoms with Gasteiger partial charge in [-0.1, -0.05) is 18.7 Å². The monoisotopic (exact) mass is 450 g/mol. The lowest BCUT2D eigenvalue weighted by Gasteiger charge is -2.17. The Labute approximate surface area is 195 Å². The van der Waals surface area contributed by atoms with Crippen molar-refractivity contribution in [3.05, 3.63) is 103 Å². The molecule has 5 rings (SSSR count). The van der Waals surface area contributed by atoms with Crippen LogP contribution in [-0.4, -0.2) is 36.4 Å². The van der Waals surface area contributed by atoms with Gasteiger partial charge in [-0.2, -0.15) is 15.3 Å². The third kappa shape index (κ3) is 4.75. The minimum absolute atomic E-state index is 0.0964. The zero-order valence-corrected chi connectivity index (χ0v) is 18.1. The van der Waals surface area contributed by atoms with Crippen LogP contribution in [0.25, 0.3) is 16.5 Å². The maximum absolute atomic E-state index is 6.19. The average Bonchev–Trinajstić information content (AvgIpc) is 3.33. The Morgan fingerprint density at radius 3 is 2.85 bits per heavy atom. The molecule has 3 aromatic heterocycles. The number of fused-ring (bicyclic) bond motifs is 1. The van der Waals surface area contributed by atoms with Gasteiger partial charge < -0.3 is 21.7 Å². The highest BCUT2D eigenvalue weighted by Crippen LogP contribution is 2.22. The maximum atomic E-state index is 6.19. The SMILES string of the molecule is C=C(Nc1ccnnc1)/C(N)=C/C1C=CC(c2nccc(Nc3ccc4[nH]ncc4c3)n2)=CN1. The fraction of sp³-hybridized carbons (Fsp3) is 0.0417. The molecule has 0 radical (unpaired) electrons. The molecule has 0 aliphatic carbocycles. The molecule has 6 N–H and O–H groups in total. The van der Waals surface area contributed by atoms with E-state index in [0.717, 1.165) is 27.9 Å². The van der Waals surface area contributed by atoms with Gasteiger partial charge in [-0.25, -0.2) is 9.97 Å². The van der Waals surface area contributed by atoms with Crippen LogP contribution in [0.15, 0.2) is 97.5 Å². The predicted molar refractivity (Wildman–Crippen MR) is 133 cm³/mol. The summed E-state index contributed by atoms with van der Waals surface area (Å²) in [4.78, 5) is 9.05. The van der Waals surface area contributed by atoms with E-state index in [9.17, 15) is 0 Å². The van der Waals surface area contributed by atoms with Gasteiger partial charge in [0.1, 0.15) is 5.82 Å². The van der Waals surface area contributed by atoms with Crippen molar-refractivity contribution < 1.29 is 0 Å². The number of nitrogens with two attached hydrogens (primary N) is 1. The van der Waals surface area contributed by atoms with Crippen LogP contribution in [0.5, 0.6) is 0 Å². The molecule has 1 aliphatic heterocycles. The van der Waals surface area contributed by atoms with E-state index in [1.807, 2.05) is 48.7 Å². The minimum Gasteiger partial charge on any atom is -0.397 e. The second-order valence-electron chi connectivity index (χ2n) is 7.57. The Morgan fingerprint density at radius 1 is 1.09 bits per heavy atom. The van der Waals surface area contributed by atoms with Crippen molar-refractivity contribution in [1.29, 1.82) is 0 Å². The third-order valence-electron chi connectivity index (χ3n) is 5.13. The summed E-state index contributed by atoms with van der Waals surface area (Å²) in [6, 6.07) is 9.47. The van der Waals surface area contributed by atoms with Crippen LogP contribution in [0.3, 0.4) is 0 Å². The summed E-state index contributed by atoms with van der Waals surface area (Å²) in [5, 5.41) is 25.3. The number of allylic oxidation sites excluding steroid dienone is 2. The molecule has 1 aromatic carbocycles. The first-order chi connectivity index (χ1) is 16.6. The van der Waals surface area contributed by atoms with Crippen LogP contribution in [0.4, 0.5) is 17.2 Å². The van der Waals surface area contributed by atoms with Gasteiger partial charge in [-0.15, -0.1) is 0 Å². The lowest BCUT2D eigenvalue weighted by atomic mass is 10.1. The molecule has 0 spiro atoms. The number of nitrogens with zero attached hydrogens (tertiary/aromatic N) is 5. The summed E-state index contributed by atoms with van der Waals surface area (Å²) in [5.74, 6) is 1.30. The Kier molecular flexibility index (Phi) is 5.68. The Morgan fingerprint density at radius 2 is 2.03 bits per heavy atom. The highest BCUT2D eigenvalue weighted by molar-refractivity contribution is 5.82. The number of aromatic nitrogens is 6. The lowest BCUT2D eigenvalue weighted by Crippen LogP contribution is -2.25. The van der Waals surface area contributed by atoms with E-state index >= 15 is 0 Å². The zero-order chi connectivity index (χ0) is 23.3. The first-order valence-corrected chi connectivity index (χ1v) is 10.5. The fourth-order valence-electron chi connectivity index (χ4n) is 3.38. The molecule has 1 aliphatic rings. The van der Waals surface area contributed by atoms with Crippen LogP contribution in [-0.2, 0) is 0 Å². The second-order valence-corrected chi connectivity index (χ2v) is 7.57. The molecule has 0 bridgehead atoms. The number of nitrogens with one attached hydrogen (secondary N) is 4. The molecule has 0 fully saturated rings. The van der Waals surface area contributed by atoms with Crippen molar-refractivity contribution in [3.63, 3.8) is 0 Å². The molecule has 1 atom stereocenters. The number of anilines is 3. The maximum Gasteiger partial charge on any atom is 0.162 e. The number of hydrogen-bond acceptors (Lipinski definition) is 9. The Bertz CT molecular complexity index is 1420. The van der Waals surface area contributed by atoms with E-state index in [0.29, 0.717) is 23.0 Å². The molecule has 0 amide bonds. The summed E-state index contributed by atoms with van der Waals surface area (Å²) in [6.45, 7) is 3.98. The van der Waals surface area contributed by atoms with Crippen molar-refractivity contribution in [1.82, 2.24) is 35.7 Å². The van der Waals surface area contributed by atoms with E-state index in [4.69, 9.17) is 5.73 Å². The third-order valence-corrected chi connectivity index (χ3v) is 5.13. The molecule has 10 heteroatoms. The van der Waals surface area contributed by atoms with Crippen molar-refractivity contribution in [2.45, 2.75) is 6.04 Å². The van der Waals surface area contributed by atoms with E-state index in [1.165, 1.54) is 0 Å². The van der Waals surface area contributed by atoms with Gasteiger partial charge in [-0.05, 0) is 36.4 Å². The van der Waals surface area contributed by atoms with Gasteiger partial charge in [0, 0.05) is 29.0 Å².